The Bertz CT molecular complexity index is 273. The average molecular weight is 226 g/mol. The van der Waals surface area contributed by atoms with Crippen LogP contribution in [0.25, 0.3) is 0 Å². The van der Waals surface area contributed by atoms with E-state index in [2.05, 4.69) is 10.6 Å². The van der Waals surface area contributed by atoms with E-state index in [1.165, 1.54) is 13.0 Å². The van der Waals surface area contributed by atoms with Crippen molar-refractivity contribution in [3.05, 3.63) is 0 Å². The van der Waals surface area contributed by atoms with Crippen LogP contribution in [0, 0.1) is 11.8 Å². The maximum absolute atomic E-state index is 11.4. The van der Waals surface area contributed by atoms with Crippen LogP contribution in [0.4, 0.5) is 4.79 Å². The lowest BCUT2D eigenvalue weighted by molar-refractivity contribution is 0.0526. The number of fused-ring (bicyclic) bond motifs is 1. The van der Waals surface area contributed by atoms with Gasteiger partial charge in [-0.2, -0.15) is 0 Å². The predicted molar refractivity (Wildman–Crippen MR) is 62.2 cm³/mol. The van der Waals surface area contributed by atoms with Gasteiger partial charge < -0.3 is 15.4 Å². The first-order valence-electron chi connectivity index (χ1n) is 6.16. The smallest absolute Gasteiger partial charge is 0.407 e. The first-order chi connectivity index (χ1) is 7.46. The minimum atomic E-state index is -0.405. The third-order valence-electron chi connectivity index (χ3n) is 3.26. The van der Waals surface area contributed by atoms with Gasteiger partial charge in [-0.05, 0) is 52.0 Å². The first-order valence-corrected chi connectivity index (χ1v) is 6.16. The molecule has 0 aromatic carbocycles. The molecule has 1 heterocycles. The molecule has 0 spiro atoms. The lowest BCUT2D eigenvalue weighted by Gasteiger charge is -2.20. The third-order valence-corrected chi connectivity index (χ3v) is 3.26. The zero-order valence-corrected chi connectivity index (χ0v) is 10.4. The molecular formula is C12H22N2O2. The molecule has 0 radical (unpaired) electrons. The van der Waals surface area contributed by atoms with Crippen molar-refractivity contribution in [3.8, 4) is 0 Å². The zero-order chi connectivity index (χ0) is 11.8. The number of amides is 1. The van der Waals surface area contributed by atoms with Crippen LogP contribution >= 0.6 is 0 Å². The fraction of sp³-hybridized carbons (Fsp3) is 0.917. The van der Waals surface area contributed by atoms with E-state index in [1.807, 2.05) is 20.8 Å². The molecular weight excluding hydrogens is 204 g/mol. The monoisotopic (exact) mass is 226 g/mol. The second-order valence-electron chi connectivity index (χ2n) is 5.89. The number of nitrogens with one attached hydrogen (secondary N) is 2. The van der Waals surface area contributed by atoms with Crippen molar-refractivity contribution in [1.82, 2.24) is 10.6 Å². The number of rotatable bonds is 3. The first kappa shape index (κ1) is 11.7. The molecule has 0 aromatic rings. The Morgan fingerprint density at radius 3 is 2.75 bits per heavy atom. The summed E-state index contributed by atoms with van der Waals surface area (Å²) < 4.78 is 5.17. The number of hydrogen-bond acceptors (Lipinski definition) is 3. The van der Waals surface area contributed by atoms with Crippen molar-refractivity contribution in [1.29, 1.82) is 0 Å². The van der Waals surface area contributed by atoms with Gasteiger partial charge in [0, 0.05) is 12.6 Å². The van der Waals surface area contributed by atoms with Crippen molar-refractivity contribution in [2.45, 2.75) is 45.3 Å². The van der Waals surface area contributed by atoms with Crippen molar-refractivity contribution < 1.29 is 9.53 Å². The Morgan fingerprint density at radius 2 is 2.25 bits per heavy atom. The molecule has 1 saturated heterocycles. The Balaban J connectivity index is 1.59. The van der Waals surface area contributed by atoms with E-state index in [9.17, 15) is 4.79 Å². The van der Waals surface area contributed by atoms with Crippen LogP contribution in [0.3, 0.4) is 0 Å². The van der Waals surface area contributed by atoms with E-state index in [0.29, 0.717) is 12.6 Å². The summed E-state index contributed by atoms with van der Waals surface area (Å²) >= 11 is 0. The molecule has 0 bridgehead atoms. The molecule has 2 rings (SSSR count). The minimum absolute atomic E-state index is 0.308. The number of alkyl carbamates (subject to hydrolysis) is 1. The number of carbonyl (C=O) groups is 1. The van der Waals surface area contributed by atoms with Crippen molar-refractivity contribution in [2.24, 2.45) is 11.8 Å². The van der Waals surface area contributed by atoms with Gasteiger partial charge in [-0.1, -0.05) is 0 Å². The van der Waals surface area contributed by atoms with Crippen molar-refractivity contribution in [2.75, 3.05) is 13.1 Å². The molecule has 2 aliphatic rings. The van der Waals surface area contributed by atoms with Crippen LogP contribution < -0.4 is 10.6 Å². The molecule has 1 aliphatic carbocycles. The lowest BCUT2D eigenvalue weighted by Crippen LogP contribution is -2.36. The van der Waals surface area contributed by atoms with Crippen molar-refractivity contribution >= 4 is 6.09 Å². The maximum atomic E-state index is 11.4. The Labute approximate surface area is 97.1 Å². The summed E-state index contributed by atoms with van der Waals surface area (Å²) in [6, 6.07) is 0.611. The third kappa shape index (κ3) is 3.11. The highest BCUT2D eigenvalue weighted by atomic mass is 16.6. The van der Waals surface area contributed by atoms with Gasteiger partial charge in [0.05, 0.1) is 0 Å². The van der Waals surface area contributed by atoms with E-state index >= 15 is 0 Å². The summed E-state index contributed by atoms with van der Waals surface area (Å²) in [6.45, 7) is 7.50. The van der Waals surface area contributed by atoms with Gasteiger partial charge in [0.15, 0.2) is 0 Å². The van der Waals surface area contributed by atoms with Crippen LogP contribution in [0.15, 0.2) is 0 Å². The van der Waals surface area contributed by atoms with Gasteiger partial charge in [-0.3, -0.25) is 0 Å². The van der Waals surface area contributed by atoms with Gasteiger partial charge in [0.1, 0.15) is 5.60 Å². The molecule has 3 atom stereocenters. The molecule has 4 nitrogen and oxygen atoms in total. The number of piperidine rings is 1. The van der Waals surface area contributed by atoms with Crippen molar-refractivity contribution in [3.63, 3.8) is 0 Å². The van der Waals surface area contributed by atoms with E-state index in [1.54, 1.807) is 0 Å². The molecule has 3 unspecified atom stereocenters. The van der Waals surface area contributed by atoms with Gasteiger partial charge >= 0.3 is 6.09 Å². The summed E-state index contributed by atoms with van der Waals surface area (Å²) in [4.78, 5) is 11.4. The van der Waals surface area contributed by atoms with E-state index < -0.39 is 5.60 Å². The summed E-state index contributed by atoms with van der Waals surface area (Å²) in [5.41, 5.74) is -0.405. The maximum Gasteiger partial charge on any atom is 0.407 e. The molecule has 2 N–H and O–H groups in total. The van der Waals surface area contributed by atoms with E-state index in [-0.39, 0.29) is 6.09 Å². The number of ether oxygens (including phenoxy) is 1. The minimum Gasteiger partial charge on any atom is -0.444 e. The molecule has 0 aromatic heterocycles. The van der Waals surface area contributed by atoms with Crippen LogP contribution in [0.2, 0.25) is 0 Å². The summed E-state index contributed by atoms with van der Waals surface area (Å²) in [6.07, 6.45) is 2.09. The van der Waals surface area contributed by atoms with Crippen LogP contribution in [-0.2, 0) is 4.74 Å². The fourth-order valence-corrected chi connectivity index (χ4v) is 2.41. The van der Waals surface area contributed by atoms with Gasteiger partial charge in [-0.25, -0.2) is 4.79 Å². The highest BCUT2D eigenvalue weighted by Gasteiger charge is 2.47. The molecule has 16 heavy (non-hydrogen) atoms. The van der Waals surface area contributed by atoms with Crippen LogP contribution in [-0.4, -0.2) is 30.8 Å². The normalized spacial score (nSPS) is 32.1. The Kier molecular flexibility index (Phi) is 3.10. The predicted octanol–water partition coefficient (Wildman–Crippen LogP) is 1.51. The number of carbonyl (C=O) groups excluding carboxylic acids is 1. The highest BCUT2D eigenvalue weighted by molar-refractivity contribution is 5.67. The second-order valence-corrected chi connectivity index (χ2v) is 5.89. The van der Waals surface area contributed by atoms with Gasteiger partial charge in [0.2, 0.25) is 0 Å². The Morgan fingerprint density at radius 1 is 1.50 bits per heavy atom. The SMILES string of the molecule is CC(C)(C)OC(=O)NCCC1NCC2CC21. The fourth-order valence-electron chi connectivity index (χ4n) is 2.41. The zero-order valence-electron chi connectivity index (χ0n) is 10.4. The Hall–Kier alpha value is -0.770. The second kappa shape index (κ2) is 4.24. The molecule has 1 aliphatic heterocycles. The van der Waals surface area contributed by atoms with E-state index in [4.69, 9.17) is 4.74 Å². The molecule has 1 amide bonds. The van der Waals surface area contributed by atoms with Crippen LogP contribution in [0.1, 0.15) is 33.6 Å². The molecule has 92 valence electrons. The molecule has 4 heteroatoms. The molecule has 1 saturated carbocycles. The highest BCUT2D eigenvalue weighted by Crippen LogP contribution is 2.45. The standard InChI is InChI=1S/C12H22N2O2/c1-12(2,3)16-11(15)13-5-4-10-9-6-8(9)7-14-10/h8-10,14H,4-7H2,1-3H3,(H,13,15). The van der Waals surface area contributed by atoms with E-state index in [0.717, 1.165) is 18.3 Å². The van der Waals surface area contributed by atoms with Gasteiger partial charge in [-0.15, -0.1) is 0 Å². The largest absolute Gasteiger partial charge is 0.444 e. The summed E-state index contributed by atoms with van der Waals surface area (Å²) in [5.74, 6) is 1.80. The van der Waals surface area contributed by atoms with Crippen LogP contribution in [0.5, 0.6) is 0 Å². The molecule has 2 fully saturated rings. The average Bonchev–Trinajstić information content (AvgIpc) is 2.80. The van der Waals surface area contributed by atoms with Gasteiger partial charge in [0.25, 0.3) is 0 Å². The lowest BCUT2D eigenvalue weighted by atomic mass is 10.1. The summed E-state index contributed by atoms with van der Waals surface area (Å²) in [7, 11) is 0. The summed E-state index contributed by atoms with van der Waals surface area (Å²) in [5, 5.41) is 6.29. The quantitative estimate of drug-likeness (QED) is 0.767. The number of hydrogen-bond donors (Lipinski definition) is 2. The topological polar surface area (TPSA) is 50.4 Å².